The first-order valence-electron chi connectivity index (χ1n) is 15.4. The number of anilines is 1. The van der Waals surface area contributed by atoms with E-state index in [0.717, 1.165) is 28.3 Å². The number of nitrogens with zero attached hydrogens (tertiary/aromatic N) is 2. The summed E-state index contributed by atoms with van der Waals surface area (Å²) in [5.41, 5.74) is 1.90. The maximum atomic E-state index is 14.5. The molecule has 4 aromatic carbocycles. The van der Waals surface area contributed by atoms with Gasteiger partial charge in [-0.25, -0.2) is 8.42 Å². The summed E-state index contributed by atoms with van der Waals surface area (Å²) in [6, 6.07) is 30.1. The lowest BCUT2D eigenvalue weighted by Crippen LogP contribution is -2.53. The van der Waals surface area contributed by atoms with E-state index in [-0.39, 0.29) is 23.8 Å². The number of ether oxygens (including phenoxy) is 1. The molecule has 1 atom stereocenters. The van der Waals surface area contributed by atoms with Gasteiger partial charge in [0.2, 0.25) is 11.8 Å². The van der Waals surface area contributed by atoms with Gasteiger partial charge in [-0.05, 0) is 73.0 Å². The minimum absolute atomic E-state index is 0.0408. The number of nitrogens with one attached hydrogen (secondary N) is 1. The number of hydrogen-bond donors (Lipinski definition) is 1. The van der Waals surface area contributed by atoms with Crippen molar-refractivity contribution in [1.29, 1.82) is 0 Å². The summed E-state index contributed by atoms with van der Waals surface area (Å²) in [4.78, 5) is 29.8. The summed E-state index contributed by atoms with van der Waals surface area (Å²) < 4.78 is 34.8. The quantitative estimate of drug-likeness (QED) is 0.139. The molecule has 2 amide bonds. The number of carbonyl (C=O) groups is 2. The first-order chi connectivity index (χ1) is 22.2. The van der Waals surface area contributed by atoms with Gasteiger partial charge in [-0.2, -0.15) is 0 Å². The van der Waals surface area contributed by atoms with E-state index in [0.29, 0.717) is 29.6 Å². The molecular formula is C36H40ClN3O5S. The Labute approximate surface area is 277 Å². The average Bonchev–Trinajstić information content (AvgIpc) is 3.07. The summed E-state index contributed by atoms with van der Waals surface area (Å²) in [5, 5.41) is 3.53. The Hall–Kier alpha value is -4.34. The number of carbonyl (C=O) groups excluding carboxylic acids is 2. The number of halogens is 1. The van der Waals surface area contributed by atoms with E-state index in [1.165, 1.54) is 17.0 Å². The van der Waals surface area contributed by atoms with Crippen LogP contribution in [0.2, 0.25) is 5.02 Å². The Morgan fingerprint density at radius 3 is 2.07 bits per heavy atom. The molecule has 1 unspecified atom stereocenters. The van der Waals surface area contributed by atoms with Gasteiger partial charge in [0.15, 0.2) is 0 Å². The van der Waals surface area contributed by atoms with Crippen LogP contribution in [-0.4, -0.2) is 50.9 Å². The van der Waals surface area contributed by atoms with Crippen LogP contribution in [0.25, 0.3) is 0 Å². The molecule has 46 heavy (non-hydrogen) atoms. The van der Waals surface area contributed by atoms with Crippen LogP contribution < -0.4 is 14.4 Å². The molecule has 0 saturated carbocycles. The molecule has 0 aliphatic rings. The smallest absolute Gasteiger partial charge is 0.264 e. The highest BCUT2D eigenvalue weighted by atomic mass is 35.5. The van der Waals surface area contributed by atoms with E-state index in [1.807, 2.05) is 44.2 Å². The molecule has 4 rings (SSSR count). The number of sulfonamides is 1. The molecule has 0 saturated heterocycles. The highest BCUT2D eigenvalue weighted by molar-refractivity contribution is 7.92. The van der Waals surface area contributed by atoms with E-state index in [2.05, 4.69) is 5.32 Å². The van der Waals surface area contributed by atoms with Crippen molar-refractivity contribution < 1.29 is 22.7 Å². The minimum atomic E-state index is -4.18. The Kier molecular flexibility index (Phi) is 12.6. The number of benzene rings is 4. The topological polar surface area (TPSA) is 96.0 Å². The van der Waals surface area contributed by atoms with Crippen LogP contribution in [0.5, 0.6) is 5.75 Å². The highest BCUT2D eigenvalue weighted by Crippen LogP contribution is 2.27. The predicted molar refractivity (Wildman–Crippen MR) is 182 cm³/mol. The third-order valence-corrected chi connectivity index (χ3v) is 9.45. The fraction of sp³-hybridized carbons (Fsp3) is 0.278. The molecule has 0 aromatic heterocycles. The van der Waals surface area contributed by atoms with Gasteiger partial charge in [-0.3, -0.25) is 13.9 Å². The van der Waals surface area contributed by atoms with Gasteiger partial charge < -0.3 is 15.0 Å². The third-order valence-electron chi connectivity index (χ3n) is 7.41. The van der Waals surface area contributed by atoms with Crippen molar-refractivity contribution in [3.05, 3.63) is 125 Å². The first kappa shape index (κ1) is 34.5. The van der Waals surface area contributed by atoms with E-state index in [9.17, 15) is 18.0 Å². The molecule has 4 aromatic rings. The van der Waals surface area contributed by atoms with E-state index in [1.54, 1.807) is 66.7 Å². The second-order valence-corrected chi connectivity index (χ2v) is 13.0. The molecular weight excluding hydrogens is 622 g/mol. The summed E-state index contributed by atoms with van der Waals surface area (Å²) >= 11 is 6.15. The average molecular weight is 662 g/mol. The zero-order valence-electron chi connectivity index (χ0n) is 26.1. The molecule has 8 nitrogen and oxygen atoms in total. The molecule has 0 aliphatic heterocycles. The molecule has 10 heteroatoms. The highest BCUT2D eigenvalue weighted by Gasteiger charge is 2.34. The monoisotopic (exact) mass is 661 g/mol. The molecule has 0 heterocycles. The van der Waals surface area contributed by atoms with Crippen molar-refractivity contribution in [2.24, 2.45) is 0 Å². The molecule has 0 fully saturated rings. The Morgan fingerprint density at radius 2 is 1.46 bits per heavy atom. The van der Waals surface area contributed by atoms with Gasteiger partial charge in [-0.15, -0.1) is 0 Å². The number of hydrogen-bond acceptors (Lipinski definition) is 5. The lowest BCUT2D eigenvalue weighted by Gasteiger charge is -2.34. The van der Waals surface area contributed by atoms with Crippen LogP contribution in [0.15, 0.2) is 114 Å². The van der Waals surface area contributed by atoms with Crippen LogP contribution in [0.1, 0.15) is 37.8 Å². The van der Waals surface area contributed by atoms with Crippen molar-refractivity contribution >= 4 is 39.1 Å². The summed E-state index contributed by atoms with van der Waals surface area (Å²) in [6.45, 7) is 4.34. The van der Waals surface area contributed by atoms with Gasteiger partial charge >= 0.3 is 0 Å². The Bertz CT molecular complexity index is 1650. The number of amides is 2. The van der Waals surface area contributed by atoms with Crippen LogP contribution in [0.4, 0.5) is 5.69 Å². The number of unbranched alkanes of at least 4 members (excludes halogenated alkanes) is 1. The van der Waals surface area contributed by atoms with Crippen molar-refractivity contribution in [1.82, 2.24) is 10.2 Å². The minimum Gasteiger partial charge on any atom is -0.494 e. The van der Waals surface area contributed by atoms with Gasteiger partial charge in [-0.1, -0.05) is 85.6 Å². The standard InChI is InChI=1S/C36H40ClN3O5S/c1-3-5-24-38-36(42)34(25-28-12-8-6-9-13-28)39(26-29-16-18-30(37)19-17-29)35(41)27-40(31-20-22-32(23-21-31)45-4-2)46(43,44)33-14-10-7-11-15-33/h6-23,34H,3-5,24-27H2,1-2H3,(H,38,42). The molecule has 0 radical (unpaired) electrons. The van der Waals surface area contributed by atoms with Crippen molar-refractivity contribution in [3.8, 4) is 5.75 Å². The zero-order valence-corrected chi connectivity index (χ0v) is 27.7. The normalized spacial score (nSPS) is 11.8. The molecule has 0 bridgehead atoms. The fourth-order valence-electron chi connectivity index (χ4n) is 4.97. The van der Waals surface area contributed by atoms with Crippen LogP contribution >= 0.6 is 11.6 Å². The van der Waals surface area contributed by atoms with Crippen molar-refractivity contribution in [2.45, 2.75) is 50.6 Å². The van der Waals surface area contributed by atoms with Crippen LogP contribution in [-0.2, 0) is 32.6 Å². The lowest BCUT2D eigenvalue weighted by molar-refractivity contribution is -0.140. The summed E-state index contributed by atoms with van der Waals surface area (Å²) in [6.07, 6.45) is 1.92. The SMILES string of the molecule is CCCCNC(=O)C(Cc1ccccc1)N(Cc1ccc(Cl)cc1)C(=O)CN(c1ccc(OCC)cc1)S(=O)(=O)c1ccccc1. The van der Waals surface area contributed by atoms with Gasteiger partial charge in [0, 0.05) is 24.5 Å². The van der Waals surface area contributed by atoms with E-state index >= 15 is 0 Å². The first-order valence-corrected chi connectivity index (χ1v) is 17.2. The van der Waals surface area contributed by atoms with E-state index in [4.69, 9.17) is 16.3 Å². The van der Waals surface area contributed by atoms with Gasteiger partial charge in [0.05, 0.1) is 17.2 Å². The molecule has 0 aliphatic carbocycles. The molecule has 0 spiro atoms. The second kappa shape index (κ2) is 16.8. The van der Waals surface area contributed by atoms with Crippen molar-refractivity contribution in [3.63, 3.8) is 0 Å². The zero-order chi connectivity index (χ0) is 32.9. The summed E-state index contributed by atoms with van der Waals surface area (Å²) in [7, 11) is -4.18. The fourth-order valence-corrected chi connectivity index (χ4v) is 6.53. The Balaban J connectivity index is 1.77. The maximum Gasteiger partial charge on any atom is 0.264 e. The number of rotatable bonds is 16. The predicted octanol–water partition coefficient (Wildman–Crippen LogP) is 6.49. The van der Waals surface area contributed by atoms with Gasteiger partial charge in [0.25, 0.3) is 10.0 Å². The second-order valence-electron chi connectivity index (χ2n) is 10.7. The molecule has 242 valence electrons. The van der Waals surface area contributed by atoms with Crippen LogP contribution in [0.3, 0.4) is 0 Å². The Morgan fingerprint density at radius 1 is 0.826 bits per heavy atom. The largest absolute Gasteiger partial charge is 0.494 e. The third kappa shape index (κ3) is 9.34. The van der Waals surface area contributed by atoms with Gasteiger partial charge in [0.1, 0.15) is 18.3 Å². The maximum absolute atomic E-state index is 14.5. The molecule has 1 N–H and O–H groups in total. The van der Waals surface area contributed by atoms with Crippen molar-refractivity contribution in [2.75, 3.05) is 24.0 Å². The lowest BCUT2D eigenvalue weighted by atomic mass is 10.0. The van der Waals surface area contributed by atoms with E-state index < -0.39 is 28.5 Å². The summed E-state index contributed by atoms with van der Waals surface area (Å²) in [5.74, 6) is -0.265. The van der Waals surface area contributed by atoms with Crippen LogP contribution in [0, 0.1) is 0 Å².